The molecule has 1 aliphatic heterocycles. The van der Waals surface area contributed by atoms with Gasteiger partial charge < -0.3 is 10.2 Å². The van der Waals surface area contributed by atoms with E-state index < -0.39 is 0 Å². The second-order valence-electron chi connectivity index (χ2n) is 5.47. The highest BCUT2D eigenvalue weighted by Gasteiger charge is 2.18. The van der Waals surface area contributed by atoms with Crippen molar-refractivity contribution in [3.63, 3.8) is 0 Å². The molecule has 0 spiro atoms. The lowest BCUT2D eigenvalue weighted by atomic mass is 10.1. The molecule has 1 amide bonds. The van der Waals surface area contributed by atoms with Crippen molar-refractivity contribution in [1.82, 2.24) is 15.2 Å². The number of piperidine rings is 1. The van der Waals surface area contributed by atoms with Crippen LogP contribution in [0.25, 0.3) is 0 Å². The van der Waals surface area contributed by atoms with Gasteiger partial charge in [-0.1, -0.05) is 6.92 Å². The van der Waals surface area contributed by atoms with Gasteiger partial charge in [-0.05, 0) is 39.4 Å². The monoisotopic (exact) mass is 310 g/mol. The highest BCUT2D eigenvalue weighted by atomic mass is 32.1. The summed E-state index contributed by atoms with van der Waals surface area (Å²) in [6.45, 7) is 10.8. The third-order valence-electron chi connectivity index (χ3n) is 4.07. The number of carbonyl (C=O) groups excluding carboxylic acids is 1. The number of hydrogen-bond donors (Lipinski definition) is 1. The van der Waals surface area contributed by atoms with E-state index in [1.54, 1.807) is 23.2 Å². The summed E-state index contributed by atoms with van der Waals surface area (Å²) >= 11 is 1.55. The Morgan fingerprint density at radius 2 is 2.19 bits per heavy atom. The molecule has 0 bridgehead atoms. The maximum Gasteiger partial charge on any atom is 0.225 e. The summed E-state index contributed by atoms with van der Waals surface area (Å²) in [6.07, 6.45) is 2.42. The SMILES string of the molecule is CCN1CCC(NCc2csc(N(CC)C(C)=O)n2)CC1. The van der Waals surface area contributed by atoms with Crippen molar-refractivity contribution in [3.8, 4) is 0 Å². The van der Waals surface area contributed by atoms with Gasteiger partial charge in [-0.3, -0.25) is 9.69 Å². The van der Waals surface area contributed by atoms with Crippen molar-refractivity contribution < 1.29 is 4.79 Å². The zero-order valence-electron chi connectivity index (χ0n) is 13.3. The van der Waals surface area contributed by atoms with Crippen LogP contribution in [-0.2, 0) is 11.3 Å². The van der Waals surface area contributed by atoms with Gasteiger partial charge >= 0.3 is 0 Å². The molecule has 5 nitrogen and oxygen atoms in total. The fourth-order valence-corrected chi connectivity index (χ4v) is 3.63. The van der Waals surface area contributed by atoms with E-state index in [-0.39, 0.29) is 5.91 Å². The fourth-order valence-electron chi connectivity index (χ4n) is 2.70. The van der Waals surface area contributed by atoms with Gasteiger partial charge in [0.2, 0.25) is 5.91 Å². The van der Waals surface area contributed by atoms with Crippen LogP contribution in [0.15, 0.2) is 5.38 Å². The van der Waals surface area contributed by atoms with E-state index in [0.29, 0.717) is 12.6 Å². The highest BCUT2D eigenvalue weighted by molar-refractivity contribution is 7.14. The van der Waals surface area contributed by atoms with Gasteiger partial charge in [0.15, 0.2) is 5.13 Å². The molecule has 0 unspecified atom stereocenters. The minimum atomic E-state index is 0.0540. The number of anilines is 1. The van der Waals surface area contributed by atoms with Crippen molar-refractivity contribution in [3.05, 3.63) is 11.1 Å². The Morgan fingerprint density at radius 3 is 2.76 bits per heavy atom. The molecule has 1 aromatic heterocycles. The third kappa shape index (κ3) is 4.49. The summed E-state index contributed by atoms with van der Waals surface area (Å²) in [6, 6.07) is 0.591. The lowest BCUT2D eigenvalue weighted by Gasteiger charge is -2.31. The standard InChI is InChI=1S/C15H26N4OS/c1-4-18-8-6-13(7-9-18)16-10-14-11-21-15(17-14)19(5-2)12(3)20/h11,13,16H,4-10H2,1-3H3. The van der Waals surface area contributed by atoms with Gasteiger partial charge in [-0.2, -0.15) is 0 Å². The Bertz CT molecular complexity index is 454. The van der Waals surface area contributed by atoms with Crippen LogP contribution in [0.1, 0.15) is 39.3 Å². The third-order valence-corrected chi connectivity index (χ3v) is 4.99. The number of aromatic nitrogens is 1. The molecule has 21 heavy (non-hydrogen) atoms. The zero-order valence-corrected chi connectivity index (χ0v) is 14.1. The summed E-state index contributed by atoms with van der Waals surface area (Å²) in [4.78, 5) is 20.3. The number of rotatable bonds is 6. The van der Waals surface area contributed by atoms with Gasteiger partial charge in [0.05, 0.1) is 5.69 Å². The number of thiazole rings is 1. The topological polar surface area (TPSA) is 48.5 Å². The van der Waals surface area contributed by atoms with E-state index in [1.807, 2.05) is 6.92 Å². The molecule has 1 N–H and O–H groups in total. The molecule has 0 atom stereocenters. The van der Waals surface area contributed by atoms with Crippen LogP contribution in [0.2, 0.25) is 0 Å². The van der Waals surface area contributed by atoms with Crippen LogP contribution in [0.3, 0.4) is 0 Å². The first-order valence-corrected chi connectivity index (χ1v) is 8.70. The molecule has 0 aromatic carbocycles. The molecule has 0 radical (unpaired) electrons. The average molecular weight is 310 g/mol. The van der Waals surface area contributed by atoms with Crippen LogP contribution >= 0.6 is 11.3 Å². The van der Waals surface area contributed by atoms with Crippen LogP contribution in [0, 0.1) is 0 Å². The molecule has 2 rings (SSSR count). The Hall–Kier alpha value is -0.980. The predicted molar refractivity (Wildman–Crippen MR) is 87.8 cm³/mol. The first-order chi connectivity index (χ1) is 10.1. The Balaban J connectivity index is 1.82. The minimum absolute atomic E-state index is 0.0540. The number of nitrogens with zero attached hydrogens (tertiary/aromatic N) is 3. The van der Waals surface area contributed by atoms with Crippen molar-refractivity contribution in [2.45, 2.75) is 46.2 Å². The summed E-state index contributed by atoms with van der Waals surface area (Å²) < 4.78 is 0. The maximum absolute atomic E-state index is 11.5. The quantitative estimate of drug-likeness (QED) is 0.874. The largest absolute Gasteiger partial charge is 0.308 e. The van der Waals surface area contributed by atoms with Gasteiger partial charge in [0.25, 0.3) is 0 Å². The second-order valence-corrected chi connectivity index (χ2v) is 6.31. The van der Waals surface area contributed by atoms with Crippen molar-refractivity contribution in [2.75, 3.05) is 31.1 Å². The molecule has 1 fully saturated rings. The fraction of sp³-hybridized carbons (Fsp3) is 0.733. The Morgan fingerprint density at radius 1 is 1.48 bits per heavy atom. The van der Waals surface area contributed by atoms with E-state index >= 15 is 0 Å². The van der Waals surface area contributed by atoms with Gasteiger partial charge in [0.1, 0.15) is 0 Å². The smallest absolute Gasteiger partial charge is 0.225 e. The summed E-state index contributed by atoms with van der Waals surface area (Å²) in [7, 11) is 0. The van der Waals surface area contributed by atoms with Crippen LogP contribution in [-0.4, -0.2) is 48.0 Å². The van der Waals surface area contributed by atoms with E-state index in [9.17, 15) is 4.79 Å². The number of likely N-dealkylation sites (tertiary alicyclic amines) is 1. The second kappa shape index (κ2) is 7.87. The molecule has 118 valence electrons. The van der Waals surface area contributed by atoms with Gasteiger partial charge in [-0.15, -0.1) is 11.3 Å². The van der Waals surface area contributed by atoms with Crippen LogP contribution in [0.5, 0.6) is 0 Å². The Labute approximate surface area is 131 Å². The number of nitrogens with one attached hydrogen (secondary N) is 1. The van der Waals surface area contributed by atoms with E-state index in [1.165, 1.54) is 25.9 Å². The average Bonchev–Trinajstić information content (AvgIpc) is 2.94. The first-order valence-electron chi connectivity index (χ1n) is 7.82. The molecule has 1 aromatic rings. The molecule has 0 saturated carbocycles. The van der Waals surface area contributed by atoms with Crippen LogP contribution in [0.4, 0.5) is 5.13 Å². The molecule has 1 saturated heterocycles. The zero-order chi connectivity index (χ0) is 15.2. The molecule has 6 heteroatoms. The summed E-state index contributed by atoms with van der Waals surface area (Å²) in [5.41, 5.74) is 1.03. The number of hydrogen-bond acceptors (Lipinski definition) is 5. The lowest BCUT2D eigenvalue weighted by molar-refractivity contribution is -0.116. The first kappa shape index (κ1) is 16.4. The summed E-state index contributed by atoms with van der Waals surface area (Å²) in [5, 5.41) is 6.45. The van der Waals surface area contributed by atoms with Crippen molar-refractivity contribution >= 4 is 22.4 Å². The molecule has 1 aliphatic rings. The highest BCUT2D eigenvalue weighted by Crippen LogP contribution is 2.21. The lowest BCUT2D eigenvalue weighted by Crippen LogP contribution is -2.42. The van der Waals surface area contributed by atoms with Crippen molar-refractivity contribution in [1.29, 1.82) is 0 Å². The van der Waals surface area contributed by atoms with E-state index in [2.05, 4.69) is 27.5 Å². The molecular weight excluding hydrogens is 284 g/mol. The minimum Gasteiger partial charge on any atom is -0.308 e. The maximum atomic E-state index is 11.5. The van der Waals surface area contributed by atoms with Crippen LogP contribution < -0.4 is 10.2 Å². The molecule has 2 heterocycles. The van der Waals surface area contributed by atoms with Gasteiger partial charge in [-0.25, -0.2) is 4.98 Å². The predicted octanol–water partition coefficient (Wildman–Crippen LogP) is 2.09. The normalized spacial score (nSPS) is 17.1. The number of carbonyl (C=O) groups is 1. The van der Waals surface area contributed by atoms with Gasteiger partial charge in [0, 0.05) is 31.4 Å². The van der Waals surface area contributed by atoms with E-state index in [4.69, 9.17) is 0 Å². The van der Waals surface area contributed by atoms with Crippen molar-refractivity contribution in [2.24, 2.45) is 0 Å². The number of amides is 1. The Kier molecular flexibility index (Phi) is 6.14. The molecule has 0 aliphatic carbocycles. The van der Waals surface area contributed by atoms with E-state index in [0.717, 1.165) is 23.9 Å². The molecular formula is C15H26N4OS. The summed E-state index contributed by atoms with van der Waals surface area (Å²) in [5.74, 6) is 0.0540.